The molecule has 2 aromatic rings. The smallest absolute Gasteiger partial charge is 0.264 e. The van der Waals surface area contributed by atoms with E-state index in [9.17, 15) is 4.79 Å². The fraction of sp³-hybridized carbons (Fsp3) is 0.474. The topological polar surface area (TPSA) is 59.4 Å². The summed E-state index contributed by atoms with van der Waals surface area (Å²) in [6.07, 6.45) is 3.91. The SMILES string of the molecule is Cc1cc2c(cc1C)OC(C(=O)N1CCNCC1c1nccn1C)C2. The lowest BCUT2D eigenvalue weighted by atomic mass is 10.0. The molecule has 0 bridgehead atoms. The number of nitrogens with one attached hydrogen (secondary N) is 1. The number of carbonyl (C=O) groups excluding carboxylic acids is 1. The van der Waals surface area contributed by atoms with Crippen LogP contribution in [-0.4, -0.2) is 46.1 Å². The van der Waals surface area contributed by atoms with Crippen molar-refractivity contribution in [3.05, 3.63) is 47.0 Å². The van der Waals surface area contributed by atoms with E-state index in [4.69, 9.17) is 4.74 Å². The van der Waals surface area contributed by atoms with E-state index in [1.165, 1.54) is 11.1 Å². The summed E-state index contributed by atoms with van der Waals surface area (Å²) < 4.78 is 8.00. The van der Waals surface area contributed by atoms with Crippen LogP contribution in [0.1, 0.15) is 28.6 Å². The van der Waals surface area contributed by atoms with E-state index in [2.05, 4.69) is 30.2 Å². The summed E-state index contributed by atoms with van der Waals surface area (Å²) in [5, 5.41) is 3.37. The van der Waals surface area contributed by atoms with Crippen molar-refractivity contribution < 1.29 is 9.53 Å². The molecule has 1 fully saturated rings. The van der Waals surface area contributed by atoms with E-state index in [0.717, 1.165) is 23.7 Å². The number of nitrogens with zero attached hydrogens (tertiary/aromatic N) is 3. The second-order valence-electron chi connectivity index (χ2n) is 7.00. The molecule has 2 unspecified atom stereocenters. The minimum absolute atomic E-state index is 0.0565. The van der Waals surface area contributed by atoms with Crippen molar-refractivity contribution >= 4 is 5.91 Å². The first-order valence-electron chi connectivity index (χ1n) is 8.80. The second kappa shape index (κ2) is 6.19. The van der Waals surface area contributed by atoms with E-state index in [1.807, 2.05) is 28.8 Å². The average molecular weight is 340 g/mol. The van der Waals surface area contributed by atoms with Crippen LogP contribution in [0, 0.1) is 13.8 Å². The molecule has 0 saturated carbocycles. The molecule has 25 heavy (non-hydrogen) atoms. The maximum absolute atomic E-state index is 13.2. The number of hydrogen-bond acceptors (Lipinski definition) is 4. The summed E-state index contributed by atoms with van der Waals surface area (Å²) in [5.74, 6) is 1.81. The standard InChI is InChI=1S/C19H24N4O2/c1-12-8-14-10-17(25-16(14)9-13(12)2)19(24)23-7-4-20-11-15(23)18-21-5-6-22(18)3/h5-6,8-9,15,17,20H,4,7,10-11H2,1-3H3. The Morgan fingerprint density at radius 2 is 2.12 bits per heavy atom. The maximum atomic E-state index is 13.2. The number of rotatable bonds is 2. The predicted octanol–water partition coefficient (Wildman–Crippen LogP) is 1.51. The third-order valence-corrected chi connectivity index (χ3v) is 5.31. The zero-order chi connectivity index (χ0) is 17.6. The van der Waals surface area contributed by atoms with Gasteiger partial charge in [-0.1, -0.05) is 6.07 Å². The number of carbonyl (C=O) groups is 1. The third kappa shape index (κ3) is 2.80. The summed E-state index contributed by atoms with van der Waals surface area (Å²) in [5.41, 5.74) is 3.56. The third-order valence-electron chi connectivity index (χ3n) is 5.31. The number of ether oxygens (including phenoxy) is 1. The quantitative estimate of drug-likeness (QED) is 0.900. The monoisotopic (exact) mass is 340 g/mol. The Kier molecular flexibility index (Phi) is 4.00. The normalized spacial score (nSPS) is 22.6. The van der Waals surface area contributed by atoms with Crippen molar-refractivity contribution in [2.45, 2.75) is 32.4 Å². The molecule has 1 saturated heterocycles. The summed E-state index contributed by atoms with van der Waals surface area (Å²) >= 11 is 0. The Balaban J connectivity index is 1.57. The van der Waals surface area contributed by atoms with E-state index in [0.29, 0.717) is 19.5 Å². The van der Waals surface area contributed by atoms with E-state index in [1.54, 1.807) is 6.20 Å². The summed E-state index contributed by atoms with van der Waals surface area (Å²) in [4.78, 5) is 19.6. The molecule has 1 aromatic carbocycles. The molecule has 3 heterocycles. The summed E-state index contributed by atoms with van der Waals surface area (Å²) in [6.45, 7) is 6.35. The zero-order valence-electron chi connectivity index (χ0n) is 15.0. The lowest BCUT2D eigenvalue weighted by Crippen LogP contribution is -2.53. The van der Waals surface area contributed by atoms with Crippen LogP contribution in [0.4, 0.5) is 0 Å². The molecule has 4 rings (SSSR count). The molecular weight excluding hydrogens is 316 g/mol. The Bertz CT molecular complexity index is 783. The minimum atomic E-state index is -0.433. The number of aryl methyl sites for hydroxylation is 3. The molecule has 0 radical (unpaired) electrons. The molecule has 2 atom stereocenters. The van der Waals surface area contributed by atoms with Gasteiger partial charge in [0, 0.05) is 45.5 Å². The highest BCUT2D eigenvalue weighted by molar-refractivity contribution is 5.83. The van der Waals surface area contributed by atoms with Gasteiger partial charge in [-0.05, 0) is 36.6 Å². The maximum Gasteiger partial charge on any atom is 0.264 e. The number of aromatic nitrogens is 2. The van der Waals surface area contributed by atoms with Gasteiger partial charge in [0.25, 0.3) is 5.91 Å². The van der Waals surface area contributed by atoms with Crippen molar-refractivity contribution in [1.29, 1.82) is 0 Å². The van der Waals surface area contributed by atoms with Gasteiger partial charge in [0.2, 0.25) is 0 Å². The number of benzene rings is 1. The van der Waals surface area contributed by atoms with Crippen LogP contribution in [0.2, 0.25) is 0 Å². The molecule has 0 spiro atoms. The molecule has 6 nitrogen and oxygen atoms in total. The Labute approximate surface area is 147 Å². The van der Waals surface area contributed by atoms with Gasteiger partial charge in [-0.2, -0.15) is 0 Å². The van der Waals surface area contributed by atoms with Crippen LogP contribution in [0.15, 0.2) is 24.5 Å². The van der Waals surface area contributed by atoms with Gasteiger partial charge < -0.3 is 19.5 Å². The van der Waals surface area contributed by atoms with Crippen LogP contribution in [0.3, 0.4) is 0 Å². The number of amides is 1. The minimum Gasteiger partial charge on any atom is -0.480 e. The molecule has 1 amide bonds. The van der Waals surface area contributed by atoms with Crippen molar-refractivity contribution in [3.63, 3.8) is 0 Å². The fourth-order valence-corrected chi connectivity index (χ4v) is 3.73. The van der Waals surface area contributed by atoms with Crippen LogP contribution >= 0.6 is 0 Å². The molecule has 1 aromatic heterocycles. The molecule has 2 aliphatic heterocycles. The van der Waals surface area contributed by atoms with Gasteiger partial charge in [0.05, 0.1) is 0 Å². The molecule has 2 aliphatic rings. The van der Waals surface area contributed by atoms with Crippen molar-refractivity contribution in [1.82, 2.24) is 19.8 Å². The molecule has 6 heteroatoms. The second-order valence-corrected chi connectivity index (χ2v) is 7.00. The van der Waals surface area contributed by atoms with Crippen LogP contribution in [0.5, 0.6) is 5.75 Å². The number of fused-ring (bicyclic) bond motifs is 1. The van der Waals surface area contributed by atoms with Gasteiger partial charge in [-0.25, -0.2) is 4.98 Å². The molecule has 0 aliphatic carbocycles. The largest absolute Gasteiger partial charge is 0.480 e. The van der Waals surface area contributed by atoms with Crippen LogP contribution in [-0.2, 0) is 18.3 Å². The highest BCUT2D eigenvalue weighted by atomic mass is 16.5. The van der Waals surface area contributed by atoms with E-state index >= 15 is 0 Å². The number of imidazole rings is 1. The lowest BCUT2D eigenvalue weighted by molar-refractivity contribution is -0.141. The van der Waals surface area contributed by atoms with E-state index in [-0.39, 0.29) is 11.9 Å². The first-order chi connectivity index (χ1) is 12.0. The predicted molar refractivity (Wildman–Crippen MR) is 94.6 cm³/mol. The number of piperazine rings is 1. The fourth-order valence-electron chi connectivity index (χ4n) is 3.73. The average Bonchev–Trinajstić information content (AvgIpc) is 3.20. The lowest BCUT2D eigenvalue weighted by Gasteiger charge is -2.36. The van der Waals surface area contributed by atoms with Gasteiger partial charge in [0.1, 0.15) is 17.6 Å². The highest BCUT2D eigenvalue weighted by Crippen LogP contribution is 2.33. The molecule has 132 valence electrons. The first-order valence-corrected chi connectivity index (χ1v) is 8.80. The highest BCUT2D eigenvalue weighted by Gasteiger charge is 2.38. The van der Waals surface area contributed by atoms with E-state index < -0.39 is 6.10 Å². The number of hydrogen-bond donors (Lipinski definition) is 1. The Morgan fingerprint density at radius 1 is 1.32 bits per heavy atom. The molecular formula is C19H24N4O2. The first kappa shape index (κ1) is 16.1. The van der Waals surface area contributed by atoms with Gasteiger partial charge >= 0.3 is 0 Å². The van der Waals surface area contributed by atoms with Crippen LogP contribution in [0.25, 0.3) is 0 Å². The summed E-state index contributed by atoms with van der Waals surface area (Å²) in [6, 6.07) is 4.13. The van der Waals surface area contributed by atoms with Crippen LogP contribution < -0.4 is 10.1 Å². The van der Waals surface area contributed by atoms with Crippen molar-refractivity contribution in [3.8, 4) is 5.75 Å². The Morgan fingerprint density at radius 3 is 2.88 bits per heavy atom. The van der Waals surface area contributed by atoms with Gasteiger partial charge in [0.15, 0.2) is 6.10 Å². The van der Waals surface area contributed by atoms with Crippen molar-refractivity contribution in [2.75, 3.05) is 19.6 Å². The van der Waals surface area contributed by atoms with Gasteiger partial charge in [-0.3, -0.25) is 4.79 Å². The molecule has 1 N–H and O–H groups in total. The Hall–Kier alpha value is -2.34. The zero-order valence-corrected chi connectivity index (χ0v) is 15.0. The van der Waals surface area contributed by atoms with Gasteiger partial charge in [-0.15, -0.1) is 0 Å². The summed E-state index contributed by atoms with van der Waals surface area (Å²) in [7, 11) is 1.97. The van der Waals surface area contributed by atoms with Crippen molar-refractivity contribution in [2.24, 2.45) is 7.05 Å².